The van der Waals surface area contributed by atoms with Crippen LogP contribution in [0.3, 0.4) is 0 Å². The Morgan fingerprint density at radius 3 is 2.31 bits per heavy atom. The molecule has 4 heteroatoms. The molecule has 0 aliphatic heterocycles. The smallest absolute Gasteiger partial charge is 0.232 e. The lowest BCUT2D eigenvalue weighted by Gasteiger charge is -2.24. The van der Waals surface area contributed by atoms with Crippen LogP contribution in [0.15, 0.2) is 72.9 Å². The molecule has 1 heterocycles. The van der Waals surface area contributed by atoms with Crippen LogP contribution in [0.25, 0.3) is 0 Å². The summed E-state index contributed by atoms with van der Waals surface area (Å²) in [6, 6.07) is 23.3. The molecule has 0 unspecified atom stereocenters. The number of nitrogens with one attached hydrogen (secondary N) is 1. The summed E-state index contributed by atoms with van der Waals surface area (Å²) in [5.41, 5.74) is 2.32. The summed E-state index contributed by atoms with van der Waals surface area (Å²) in [4.78, 5) is 11.5. The Balaban J connectivity index is 1.62. The number of para-hydroxylation sites is 1. The third kappa shape index (κ3) is 4.02. The molecule has 1 fully saturated rings. The maximum atomic E-state index is 4.81. The Morgan fingerprint density at radius 1 is 0.885 bits per heavy atom. The Kier molecular flexibility index (Phi) is 5.10. The molecule has 1 aliphatic carbocycles. The van der Waals surface area contributed by atoms with Crippen molar-refractivity contribution in [2.24, 2.45) is 0 Å². The van der Waals surface area contributed by atoms with Crippen LogP contribution >= 0.6 is 0 Å². The van der Waals surface area contributed by atoms with Crippen LogP contribution in [0.5, 0.6) is 0 Å². The zero-order valence-electron chi connectivity index (χ0n) is 14.9. The van der Waals surface area contributed by atoms with Gasteiger partial charge in [0, 0.05) is 17.9 Å². The van der Waals surface area contributed by atoms with Crippen molar-refractivity contribution in [1.82, 2.24) is 9.97 Å². The van der Waals surface area contributed by atoms with E-state index < -0.39 is 0 Å². The van der Waals surface area contributed by atoms with Gasteiger partial charge in [0.05, 0.1) is 6.54 Å². The second-order valence-corrected chi connectivity index (χ2v) is 6.77. The molecule has 0 bridgehead atoms. The number of rotatable bonds is 6. The Morgan fingerprint density at radius 2 is 1.58 bits per heavy atom. The summed E-state index contributed by atoms with van der Waals surface area (Å²) in [5, 5.41) is 3.57. The fraction of sp³-hybridized carbons (Fsp3) is 0.273. The van der Waals surface area contributed by atoms with Gasteiger partial charge in [-0.1, -0.05) is 61.4 Å². The van der Waals surface area contributed by atoms with E-state index in [1.54, 1.807) is 0 Å². The summed E-state index contributed by atoms with van der Waals surface area (Å²) >= 11 is 0. The van der Waals surface area contributed by atoms with E-state index in [2.05, 4.69) is 51.6 Å². The molecular weight excluding hydrogens is 320 g/mol. The molecule has 3 aromatic rings. The van der Waals surface area contributed by atoms with Gasteiger partial charge < -0.3 is 10.2 Å². The Labute approximate surface area is 154 Å². The second-order valence-electron chi connectivity index (χ2n) is 6.77. The van der Waals surface area contributed by atoms with Crippen LogP contribution in [-0.2, 0) is 6.54 Å². The van der Waals surface area contributed by atoms with Crippen LogP contribution in [-0.4, -0.2) is 16.0 Å². The quantitative estimate of drug-likeness (QED) is 0.670. The molecule has 0 radical (unpaired) electrons. The van der Waals surface area contributed by atoms with Gasteiger partial charge in [-0.05, 0) is 36.6 Å². The molecule has 0 spiro atoms. The van der Waals surface area contributed by atoms with Gasteiger partial charge in [0.15, 0.2) is 0 Å². The summed E-state index contributed by atoms with van der Waals surface area (Å²) in [6.45, 7) is 0.734. The SMILES string of the molecule is c1ccc(CN(c2ccccc2)c2nccc(NC3CCCC3)n2)cc1. The largest absolute Gasteiger partial charge is 0.367 e. The van der Waals surface area contributed by atoms with Gasteiger partial charge in [-0.2, -0.15) is 4.98 Å². The third-order valence-corrected chi connectivity index (χ3v) is 4.84. The first-order valence-corrected chi connectivity index (χ1v) is 9.34. The monoisotopic (exact) mass is 344 g/mol. The molecule has 132 valence electrons. The highest BCUT2D eigenvalue weighted by Gasteiger charge is 2.17. The zero-order valence-corrected chi connectivity index (χ0v) is 14.9. The van der Waals surface area contributed by atoms with Crippen molar-refractivity contribution in [3.63, 3.8) is 0 Å². The van der Waals surface area contributed by atoms with Crippen molar-refractivity contribution in [3.05, 3.63) is 78.5 Å². The summed E-state index contributed by atoms with van der Waals surface area (Å²) in [6.07, 6.45) is 6.91. The Bertz CT molecular complexity index is 814. The molecule has 0 atom stereocenters. The van der Waals surface area contributed by atoms with E-state index in [0.29, 0.717) is 6.04 Å². The topological polar surface area (TPSA) is 41.1 Å². The minimum absolute atomic E-state index is 0.539. The number of nitrogens with zero attached hydrogens (tertiary/aromatic N) is 3. The number of benzene rings is 2. The van der Waals surface area contributed by atoms with Crippen molar-refractivity contribution in [2.75, 3.05) is 10.2 Å². The van der Waals surface area contributed by atoms with Gasteiger partial charge in [-0.25, -0.2) is 4.98 Å². The first-order chi connectivity index (χ1) is 12.9. The van der Waals surface area contributed by atoms with Gasteiger partial charge in [-0.3, -0.25) is 0 Å². The lowest BCUT2D eigenvalue weighted by molar-refractivity contribution is 0.748. The van der Waals surface area contributed by atoms with E-state index >= 15 is 0 Å². The van der Waals surface area contributed by atoms with Crippen LogP contribution in [0.2, 0.25) is 0 Å². The van der Waals surface area contributed by atoms with Crippen LogP contribution in [0.4, 0.5) is 17.5 Å². The van der Waals surface area contributed by atoms with Crippen LogP contribution < -0.4 is 10.2 Å². The van der Waals surface area contributed by atoms with Crippen molar-refractivity contribution < 1.29 is 0 Å². The average Bonchev–Trinajstić information content (AvgIpc) is 3.21. The highest BCUT2D eigenvalue weighted by Crippen LogP contribution is 2.26. The molecule has 2 aromatic carbocycles. The first kappa shape index (κ1) is 16.6. The van der Waals surface area contributed by atoms with Crippen LogP contribution in [0.1, 0.15) is 31.2 Å². The summed E-state index contributed by atoms with van der Waals surface area (Å²) < 4.78 is 0. The minimum atomic E-state index is 0.539. The second kappa shape index (κ2) is 8.00. The van der Waals surface area contributed by atoms with Crippen molar-refractivity contribution in [1.29, 1.82) is 0 Å². The molecule has 26 heavy (non-hydrogen) atoms. The molecule has 4 nitrogen and oxygen atoms in total. The predicted molar refractivity (Wildman–Crippen MR) is 107 cm³/mol. The van der Waals surface area contributed by atoms with E-state index in [1.165, 1.54) is 31.2 Å². The number of anilines is 3. The zero-order chi connectivity index (χ0) is 17.6. The molecule has 1 aliphatic rings. The first-order valence-electron chi connectivity index (χ1n) is 9.34. The van der Waals surface area contributed by atoms with E-state index in [1.807, 2.05) is 36.5 Å². The van der Waals surface area contributed by atoms with Crippen LogP contribution in [0, 0.1) is 0 Å². The van der Waals surface area contributed by atoms with E-state index in [-0.39, 0.29) is 0 Å². The van der Waals surface area contributed by atoms with Gasteiger partial charge in [0.25, 0.3) is 0 Å². The van der Waals surface area contributed by atoms with Gasteiger partial charge >= 0.3 is 0 Å². The minimum Gasteiger partial charge on any atom is -0.367 e. The maximum absolute atomic E-state index is 4.81. The maximum Gasteiger partial charge on any atom is 0.232 e. The van der Waals surface area contributed by atoms with Crippen molar-refractivity contribution in [3.8, 4) is 0 Å². The van der Waals surface area contributed by atoms with Gasteiger partial charge in [-0.15, -0.1) is 0 Å². The Hall–Kier alpha value is -2.88. The molecule has 4 rings (SSSR count). The van der Waals surface area contributed by atoms with E-state index in [9.17, 15) is 0 Å². The summed E-state index contributed by atoms with van der Waals surface area (Å²) in [5.74, 6) is 1.64. The lowest BCUT2D eigenvalue weighted by atomic mass is 10.2. The van der Waals surface area contributed by atoms with E-state index in [4.69, 9.17) is 4.98 Å². The standard InChI is InChI=1S/C22H24N4/c1-3-9-18(10-4-1)17-26(20-13-5-2-6-14-20)22-23-16-15-21(25-22)24-19-11-7-8-12-19/h1-6,9-10,13-16,19H,7-8,11-12,17H2,(H,23,24,25). The number of aromatic nitrogens is 2. The normalized spacial score (nSPS) is 14.3. The van der Waals surface area contributed by atoms with Gasteiger partial charge in [0.1, 0.15) is 5.82 Å². The number of hydrogen-bond acceptors (Lipinski definition) is 4. The molecule has 0 saturated heterocycles. The highest BCUT2D eigenvalue weighted by atomic mass is 15.3. The van der Waals surface area contributed by atoms with E-state index in [0.717, 1.165) is 24.0 Å². The van der Waals surface area contributed by atoms with Gasteiger partial charge in [0.2, 0.25) is 5.95 Å². The molecule has 1 saturated carbocycles. The lowest BCUT2D eigenvalue weighted by Crippen LogP contribution is -2.21. The highest BCUT2D eigenvalue weighted by molar-refractivity contribution is 5.58. The fourth-order valence-electron chi connectivity index (χ4n) is 3.49. The van der Waals surface area contributed by atoms with Crippen molar-refractivity contribution >= 4 is 17.5 Å². The fourth-order valence-corrected chi connectivity index (χ4v) is 3.49. The molecule has 1 aromatic heterocycles. The molecule has 0 amide bonds. The predicted octanol–water partition coefficient (Wildman–Crippen LogP) is 5.17. The number of hydrogen-bond donors (Lipinski definition) is 1. The molecule has 1 N–H and O–H groups in total. The average molecular weight is 344 g/mol. The summed E-state index contributed by atoms with van der Waals surface area (Å²) in [7, 11) is 0. The third-order valence-electron chi connectivity index (χ3n) is 4.84. The van der Waals surface area contributed by atoms with Crippen molar-refractivity contribution in [2.45, 2.75) is 38.3 Å². The molecular formula is C22H24N4.